The maximum atomic E-state index is 13.4. The molecule has 0 aliphatic carbocycles. The van der Waals surface area contributed by atoms with Gasteiger partial charge in [-0.05, 0) is 49.4 Å². The predicted octanol–water partition coefficient (Wildman–Crippen LogP) is 3.95. The Morgan fingerprint density at radius 3 is 2.58 bits per heavy atom. The zero-order valence-electron chi connectivity index (χ0n) is 19.0. The second-order valence-corrected chi connectivity index (χ2v) is 9.28. The van der Waals surface area contributed by atoms with Crippen LogP contribution in [0.15, 0.2) is 54.0 Å². The first-order valence-electron chi connectivity index (χ1n) is 11.1. The standard InChI is InChI=1S/C25H29FN4O2S/c1-18(25-27-9-14-33-25)28-24(31)17-32-23-8-5-20(19-3-6-22(26)7-4-19)15-21(23)16-30-12-10-29(2)11-13-30/h3-9,14-15,18H,10-13,16-17H2,1-2H3,(H,28,31)/t18-/m1/s1. The summed E-state index contributed by atoms with van der Waals surface area (Å²) in [5, 5.41) is 5.69. The average molecular weight is 469 g/mol. The Morgan fingerprint density at radius 1 is 1.15 bits per heavy atom. The molecule has 174 valence electrons. The summed E-state index contributed by atoms with van der Waals surface area (Å²) in [4.78, 5) is 21.4. The lowest BCUT2D eigenvalue weighted by Gasteiger charge is -2.32. The van der Waals surface area contributed by atoms with E-state index in [9.17, 15) is 9.18 Å². The van der Waals surface area contributed by atoms with Crippen molar-refractivity contribution in [3.8, 4) is 16.9 Å². The summed E-state index contributed by atoms with van der Waals surface area (Å²) in [6, 6.07) is 12.3. The number of piperazine rings is 1. The Hall–Kier alpha value is -2.81. The van der Waals surface area contributed by atoms with Gasteiger partial charge in [0.15, 0.2) is 6.61 Å². The lowest BCUT2D eigenvalue weighted by molar-refractivity contribution is -0.123. The van der Waals surface area contributed by atoms with E-state index in [1.54, 1.807) is 18.3 Å². The van der Waals surface area contributed by atoms with Crippen molar-refractivity contribution in [1.29, 1.82) is 0 Å². The molecule has 1 aliphatic heterocycles. The minimum Gasteiger partial charge on any atom is -0.483 e. The topological polar surface area (TPSA) is 57.7 Å². The molecule has 0 spiro atoms. The number of rotatable bonds is 8. The maximum absolute atomic E-state index is 13.4. The molecule has 1 amide bonds. The average Bonchev–Trinajstić information content (AvgIpc) is 3.35. The van der Waals surface area contributed by atoms with Gasteiger partial charge in [0.05, 0.1) is 6.04 Å². The first-order valence-corrected chi connectivity index (χ1v) is 12.0. The van der Waals surface area contributed by atoms with E-state index in [2.05, 4.69) is 33.2 Å². The molecule has 2 heterocycles. The second-order valence-electron chi connectivity index (χ2n) is 8.36. The SMILES string of the molecule is C[C@@H](NC(=O)COc1ccc(-c2ccc(F)cc2)cc1CN1CCN(C)CC1)c1nccs1. The summed E-state index contributed by atoms with van der Waals surface area (Å²) in [7, 11) is 2.13. The molecule has 0 unspecified atom stereocenters. The second kappa shape index (κ2) is 10.9. The molecule has 33 heavy (non-hydrogen) atoms. The van der Waals surface area contributed by atoms with Gasteiger partial charge >= 0.3 is 0 Å². The van der Waals surface area contributed by atoms with Crippen LogP contribution < -0.4 is 10.1 Å². The summed E-state index contributed by atoms with van der Waals surface area (Å²) in [6.45, 7) is 6.56. The zero-order valence-corrected chi connectivity index (χ0v) is 19.8. The highest BCUT2D eigenvalue weighted by Crippen LogP contribution is 2.28. The smallest absolute Gasteiger partial charge is 0.258 e. The third-order valence-electron chi connectivity index (χ3n) is 5.79. The molecule has 1 atom stereocenters. The summed E-state index contributed by atoms with van der Waals surface area (Å²) in [5.41, 5.74) is 2.95. The molecule has 0 bridgehead atoms. The third kappa shape index (κ3) is 6.37. The number of nitrogens with one attached hydrogen (secondary N) is 1. The Morgan fingerprint density at radius 2 is 1.88 bits per heavy atom. The van der Waals surface area contributed by atoms with Crippen molar-refractivity contribution >= 4 is 17.2 Å². The number of nitrogens with zero attached hydrogens (tertiary/aromatic N) is 3. The summed E-state index contributed by atoms with van der Waals surface area (Å²) >= 11 is 1.51. The normalized spacial score (nSPS) is 15.8. The lowest BCUT2D eigenvalue weighted by atomic mass is 10.0. The van der Waals surface area contributed by atoms with E-state index in [0.29, 0.717) is 5.75 Å². The van der Waals surface area contributed by atoms with Crippen molar-refractivity contribution in [2.75, 3.05) is 39.8 Å². The Bertz CT molecular complexity index is 1050. The number of ether oxygens (including phenoxy) is 1. The molecule has 2 aromatic carbocycles. The van der Waals surface area contributed by atoms with Crippen LogP contribution in [0.2, 0.25) is 0 Å². The van der Waals surface area contributed by atoms with E-state index in [0.717, 1.165) is 54.4 Å². The minimum atomic E-state index is -0.255. The largest absolute Gasteiger partial charge is 0.483 e. The van der Waals surface area contributed by atoms with Gasteiger partial charge in [-0.15, -0.1) is 11.3 Å². The number of aromatic nitrogens is 1. The monoisotopic (exact) mass is 468 g/mol. The number of carbonyl (C=O) groups is 1. The van der Waals surface area contributed by atoms with Crippen molar-refractivity contribution in [2.24, 2.45) is 0 Å². The van der Waals surface area contributed by atoms with E-state index in [1.807, 2.05) is 24.4 Å². The van der Waals surface area contributed by atoms with Crippen LogP contribution in [0.5, 0.6) is 5.75 Å². The molecule has 3 aromatic rings. The first-order chi connectivity index (χ1) is 16.0. The molecule has 0 saturated carbocycles. The number of likely N-dealkylation sites (N-methyl/N-ethyl adjacent to an activating group) is 1. The summed E-state index contributed by atoms with van der Waals surface area (Å²) < 4.78 is 19.3. The highest BCUT2D eigenvalue weighted by molar-refractivity contribution is 7.09. The Balaban J connectivity index is 1.47. The Labute approximate surface area is 198 Å². The predicted molar refractivity (Wildman–Crippen MR) is 129 cm³/mol. The molecular weight excluding hydrogens is 439 g/mol. The van der Waals surface area contributed by atoms with Crippen LogP contribution in [0.4, 0.5) is 4.39 Å². The van der Waals surface area contributed by atoms with E-state index >= 15 is 0 Å². The molecular formula is C25H29FN4O2S. The molecule has 1 aliphatic rings. The fourth-order valence-corrected chi connectivity index (χ4v) is 4.50. The third-order valence-corrected chi connectivity index (χ3v) is 6.74. The fraction of sp³-hybridized carbons (Fsp3) is 0.360. The number of benzene rings is 2. The molecule has 1 fully saturated rings. The lowest BCUT2D eigenvalue weighted by Crippen LogP contribution is -2.43. The quantitative estimate of drug-likeness (QED) is 0.543. The number of hydrogen-bond acceptors (Lipinski definition) is 6. The van der Waals surface area contributed by atoms with Gasteiger partial charge in [-0.2, -0.15) is 0 Å². The molecule has 1 saturated heterocycles. The fourth-order valence-electron chi connectivity index (χ4n) is 3.85. The summed E-state index contributed by atoms with van der Waals surface area (Å²) in [6.07, 6.45) is 1.73. The van der Waals surface area contributed by atoms with Gasteiger partial charge in [0, 0.05) is 49.9 Å². The van der Waals surface area contributed by atoms with Crippen LogP contribution in [0, 0.1) is 5.82 Å². The Kier molecular flexibility index (Phi) is 7.69. The van der Waals surface area contributed by atoms with Gasteiger partial charge in [0.25, 0.3) is 5.91 Å². The molecule has 1 N–H and O–H groups in total. The number of hydrogen-bond donors (Lipinski definition) is 1. The molecule has 4 rings (SSSR count). The van der Waals surface area contributed by atoms with Gasteiger partial charge in [0.2, 0.25) is 0 Å². The van der Waals surface area contributed by atoms with Crippen LogP contribution in [0.25, 0.3) is 11.1 Å². The highest BCUT2D eigenvalue weighted by Gasteiger charge is 2.18. The van der Waals surface area contributed by atoms with Crippen molar-refractivity contribution in [2.45, 2.75) is 19.5 Å². The zero-order chi connectivity index (χ0) is 23.2. The van der Waals surface area contributed by atoms with Crippen LogP contribution in [-0.4, -0.2) is 60.5 Å². The molecule has 8 heteroatoms. The van der Waals surface area contributed by atoms with Crippen LogP contribution in [-0.2, 0) is 11.3 Å². The van der Waals surface area contributed by atoms with Crippen LogP contribution >= 0.6 is 11.3 Å². The number of thiazole rings is 1. The van der Waals surface area contributed by atoms with E-state index in [4.69, 9.17) is 4.74 Å². The van der Waals surface area contributed by atoms with E-state index in [1.165, 1.54) is 23.5 Å². The molecule has 6 nitrogen and oxygen atoms in total. The number of amides is 1. The molecule has 1 aromatic heterocycles. The van der Waals surface area contributed by atoms with Gasteiger partial charge in [-0.1, -0.05) is 18.2 Å². The van der Waals surface area contributed by atoms with Gasteiger partial charge in [-0.3, -0.25) is 9.69 Å². The number of halogens is 1. The maximum Gasteiger partial charge on any atom is 0.258 e. The van der Waals surface area contributed by atoms with Crippen molar-refractivity contribution < 1.29 is 13.9 Å². The van der Waals surface area contributed by atoms with E-state index in [-0.39, 0.29) is 24.4 Å². The minimum absolute atomic E-state index is 0.0681. The first kappa shape index (κ1) is 23.4. The van der Waals surface area contributed by atoms with Gasteiger partial charge < -0.3 is 15.0 Å². The molecule has 0 radical (unpaired) electrons. The van der Waals surface area contributed by atoms with Crippen molar-refractivity contribution in [1.82, 2.24) is 20.1 Å². The van der Waals surface area contributed by atoms with E-state index < -0.39 is 0 Å². The van der Waals surface area contributed by atoms with Crippen molar-refractivity contribution in [3.05, 3.63) is 70.4 Å². The number of carbonyl (C=O) groups excluding carboxylic acids is 1. The van der Waals surface area contributed by atoms with Crippen LogP contribution in [0.3, 0.4) is 0 Å². The highest BCUT2D eigenvalue weighted by atomic mass is 32.1. The van der Waals surface area contributed by atoms with Gasteiger partial charge in [0.1, 0.15) is 16.6 Å². The summed E-state index contributed by atoms with van der Waals surface area (Å²) in [5.74, 6) is 0.247. The van der Waals surface area contributed by atoms with Gasteiger partial charge in [-0.25, -0.2) is 9.37 Å². The van der Waals surface area contributed by atoms with Crippen LogP contribution in [0.1, 0.15) is 23.5 Å². The van der Waals surface area contributed by atoms with Crippen molar-refractivity contribution in [3.63, 3.8) is 0 Å².